The maximum absolute atomic E-state index is 14.4. The minimum Gasteiger partial charge on any atom is -0.504 e. The summed E-state index contributed by atoms with van der Waals surface area (Å²) in [5.41, 5.74) is 4.73. The molecular formula is C26H29FN2O3. The molecule has 3 aromatic rings. The number of aromatic nitrogens is 1. The lowest BCUT2D eigenvalue weighted by Gasteiger charge is -2.49. The van der Waals surface area contributed by atoms with Crippen LogP contribution in [0.2, 0.25) is 0 Å². The van der Waals surface area contributed by atoms with Gasteiger partial charge in [-0.2, -0.15) is 0 Å². The van der Waals surface area contributed by atoms with E-state index in [9.17, 15) is 19.7 Å². The highest BCUT2D eigenvalue weighted by atomic mass is 19.1. The predicted octanol–water partition coefficient (Wildman–Crippen LogP) is 3.58. The third-order valence-corrected chi connectivity index (χ3v) is 8.11. The highest BCUT2D eigenvalue weighted by Crippen LogP contribution is 2.46. The Labute approximate surface area is 186 Å². The van der Waals surface area contributed by atoms with Gasteiger partial charge in [-0.25, -0.2) is 4.39 Å². The summed E-state index contributed by atoms with van der Waals surface area (Å²) in [5, 5.41) is 35.9. The summed E-state index contributed by atoms with van der Waals surface area (Å²) >= 11 is 0. The van der Waals surface area contributed by atoms with Crippen molar-refractivity contribution in [2.45, 2.75) is 63.1 Å². The Bertz CT molecular complexity index is 1220. The van der Waals surface area contributed by atoms with Gasteiger partial charge in [0.05, 0.1) is 11.1 Å². The monoisotopic (exact) mass is 436 g/mol. The fourth-order valence-corrected chi connectivity index (χ4v) is 6.55. The molecule has 1 saturated heterocycles. The molecule has 3 heterocycles. The summed E-state index contributed by atoms with van der Waals surface area (Å²) in [6.07, 6.45) is 5.66. The van der Waals surface area contributed by atoms with E-state index in [1.807, 2.05) is 6.07 Å². The zero-order valence-corrected chi connectivity index (χ0v) is 18.1. The molecule has 1 unspecified atom stereocenters. The molecule has 1 fully saturated rings. The van der Waals surface area contributed by atoms with E-state index in [2.05, 4.69) is 9.88 Å². The van der Waals surface area contributed by atoms with E-state index in [4.69, 9.17) is 0 Å². The molecule has 1 aliphatic carbocycles. The summed E-state index contributed by atoms with van der Waals surface area (Å²) in [6, 6.07) is 8.17. The number of phenols is 2. The van der Waals surface area contributed by atoms with Gasteiger partial charge in [0.15, 0.2) is 11.5 Å². The Morgan fingerprint density at radius 3 is 2.88 bits per heavy atom. The number of aromatic hydroxyl groups is 2. The van der Waals surface area contributed by atoms with Gasteiger partial charge in [-0.05, 0) is 91.9 Å². The van der Waals surface area contributed by atoms with E-state index < -0.39 is 5.60 Å². The van der Waals surface area contributed by atoms with Gasteiger partial charge < -0.3 is 25.2 Å². The molecule has 0 radical (unpaired) electrons. The van der Waals surface area contributed by atoms with Crippen molar-refractivity contribution in [3.8, 4) is 11.5 Å². The van der Waals surface area contributed by atoms with Gasteiger partial charge in [0.25, 0.3) is 0 Å². The maximum Gasteiger partial charge on any atom is 0.157 e. The molecule has 1 aromatic heterocycles. The quantitative estimate of drug-likeness (QED) is 0.474. The van der Waals surface area contributed by atoms with Gasteiger partial charge in [-0.15, -0.1) is 0 Å². The molecule has 6 rings (SSSR count). The number of rotatable bonds is 3. The molecule has 0 saturated carbocycles. The van der Waals surface area contributed by atoms with E-state index in [0.717, 1.165) is 67.3 Å². The highest BCUT2D eigenvalue weighted by Gasteiger charge is 2.50. The number of halogens is 1. The largest absolute Gasteiger partial charge is 0.504 e. The van der Waals surface area contributed by atoms with Crippen LogP contribution in [0.25, 0.3) is 10.9 Å². The van der Waals surface area contributed by atoms with E-state index in [-0.39, 0.29) is 29.3 Å². The van der Waals surface area contributed by atoms with Crippen LogP contribution in [0.15, 0.2) is 30.3 Å². The number of hydrogen-bond acceptors (Lipinski definition) is 4. The van der Waals surface area contributed by atoms with Crippen molar-refractivity contribution in [1.29, 1.82) is 0 Å². The van der Waals surface area contributed by atoms with Crippen LogP contribution in [0.3, 0.4) is 0 Å². The Balaban J connectivity index is 1.35. The maximum atomic E-state index is 14.4. The van der Waals surface area contributed by atoms with Crippen molar-refractivity contribution in [1.82, 2.24) is 9.88 Å². The minimum absolute atomic E-state index is 0.0816. The second-order valence-corrected chi connectivity index (χ2v) is 9.87. The third-order valence-electron chi connectivity index (χ3n) is 8.11. The van der Waals surface area contributed by atoms with Crippen LogP contribution in [0.5, 0.6) is 11.5 Å². The van der Waals surface area contributed by atoms with Crippen molar-refractivity contribution >= 4 is 10.9 Å². The summed E-state index contributed by atoms with van der Waals surface area (Å²) < 4.78 is 16.8. The lowest BCUT2D eigenvalue weighted by molar-refractivity contribution is -0.0790. The molecule has 32 heavy (non-hydrogen) atoms. The van der Waals surface area contributed by atoms with Crippen molar-refractivity contribution in [3.63, 3.8) is 0 Å². The van der Waals surface area contributed by atoms with Gasteiger partial charge >= 0.3 is 0 Å². The van der Waals surface area contributed by atoms with Gasteiger partial charge in [-0.1, -0.05) is 6.07 Å². The number of hydrogen-bond donors (Lipinski definition) is 4. The van der Waals surface area contributed by atoms with Gasteiger partial charge in [0.1, 0.15) is 5.82 Å². The molecule has 3 atom stereocenters. The molecule has 2 aliphatic heterocycles. The first-order valence-corrected chi connectivity index (χ1v) is 11.7. The van der Waals surface area contributed by atoms with Crippen molar-refractivity contribution in [3.05, 3.63) is 58.5 Å². The Morgan fingerprint density at radius 2 is 2.03 bits per heavy atom. The fraction of sp³-hybridized carbons (Fsp3) is 0.462. The summed E-state index contributed by atoms with van der Waals surface area (Å²) in [5.74, 6) is -0.253. The Morgan fingerprint density at radius 1 is 1.16 bits per heavy atom. The molecule has 0 amide bonds. The molecule has 0 bridgehead atoms. The van der Waals surface area contributed by atoms with Crippen LogP contribution in [-0.2, 0) is 32.2 Å². The lowest BCUT2D eigenvalue weighted by atomic mass is 9.66. The first-order chi connectivity index (χ1) is 15.4. The van der Waals surface area contributed by atoms with E-state index in [0.29, 0.717) is 12.8 Å². The minimum atomic E-state index is -0.885. The van der Waals surface area contributed by atoms with Crippen LogP contribution in [0.4, 0.5) is 4.39 Å². The van der Waals surface area contributed by atoms with Crippen LogP contribution in [0.1, 0.15) is 41.6 Å². The van der Waals surface area contributed by atoms with Crippen LogP contribution in [-0.4, -0.2) is 38.1 Å². The summed E-state index contributed by atoms with van der Waals surface area (Å²) in [6.45, 7) is 1.84. The number of aliphatic hydroxyl groups is 1. The topological polar surface area (TPSA) is 77.7 Å². The lowest BCUT2D eigenvalue weighted by Crippen LogP contribution is -2.63. The van der Waals surface area contributed by atoms with E-state index in [1.54, 1.807) is 18.2 Å². The molecule has 3 aliphatic rings. The van der Waals surface area contributed by atoms with Gasteiger partial charge in [0, 0.05) is 30.1 Å². The van der Waals surface area contributed by atoms with Gasteiger partial charge in [0.2, 0.25) is 0 Å². The average Bonchev–Trinajstić information content (AvgIpc) is 3.06. The summed E-state index contributed by atoms with van der Waals surface area (Å²) in [7, 11) is 0. The third kappa shape index (κ3) is 2.96. The van der Waals surface area contributed by atoms with Gasteiger partial charge in [-0.3, -0.25) is 0 Å². The highest BCUT2D eigenvalue weighted by molar-refractivity contribution is 5.89. The zero-order chi connectivity index (χ0) is 22.0. The average molecular weight is 437 g/mol. The first-order valence-electron chi connectivity index (χ1n) is 11.7. The number of aryl methyl sites for hydroxylation is 3. The molecular weight excluding hydrogens is 407 g/mol. The predicted molar refractivity (Wildman–Crippen MR) is 121 cm³/mol. The molecule has 2 aromatic carbocycles. The normalized spacial score (nSPS) is 26.7. The summed E-state index contributed by atoms with van der Waals surface area (Å²) in [4.78, 5) is 0. The van der Waals surface area contributed by atoms with Crippen molar-refractivity contribution in [2.75, 3.05) is 6.54 Å². The SMILES string of the molecule is Oc1ccc(CC[C@H]2NCCC3Cc4c(c5cc(F)cc6c5n4CCC6)C[C@]32O)cc1O. The number of benzene rings is 2. The van der Waals surface area contributed by atoms with Crippen LogP contribution >= 0.6 is 0 Å². The standard InChI is InChI=1S/C26H29FN2O3/c27-18-11-16-2-1-9-29-21-12-17-7-8-28-24(6-4-15-3-5-22(30)23(31)10-15)26(17,32)14-20(21)19(13-18)25(16)29/h3,5,10-11,13,17,24,28,30-32H,1-2,4,6-9,12,14H2/t17?,24-,26+/m1/s1. The molecule has 4 N–H and O–H groups in total. The molecule has 6 heteroatoms. The van der Waals surface area contributed by atoms with Crippen LogP contribution in [0, 0.1) is 11.7 Å². The number of fused-ring (bicyclic) bond motifs is 4. The smallest absolute Gasteiger partial charge is 0.157 e. The fourth-order valence-electron chi connectivity index (χ4n) is 6.55. The molecule has 5 nitrogen and oxygen atoms in total. The second kappa shape index (κ2) is 7.22. The molecule has 0 spiro atoms. The van der Waals surface area contributed by atoms with E-state index in [1.165, 1.54) is 17.3 Å². The zero-order valence-electron chi connectivity index (χ0n) is 18.1. The Kier molecular flexibility index (Phi) is 4.53. The van der Waals surface area contributed by atoms with E-state index >= 15 is 0 Å². The number of nitrogens with one attached hydrogen (secondary N) is 1. The second-order valence-electron chi connectivity index (χ2n) is 9.87. The molecule has 168 valence electrons. The van der Waals surface area contributed by atoms with Crippen molar-refractivity contribution < 1.29 is 19.7 Å². The first kappa shape index (κ1) is 20.1. The number of nitrogens with zero attached hydrogens (tertiary/aromatic N) is 1. The number of piperidine rings is 1. The Hall–Kier alpha value is -2.57. The number of phenolic OH excluding ortho intramolecular Hbond substituents is 2. The van der Waals surface area contributed by atoms with Crippen LogP contribution < -0.4 is 5.32 Å². The van der Waals surface area contributed by atoms with Crippen molar-refractivity contribution in [2.24, 2.45) is 5.92 Å².